The van der Waals surface area contributed by atoms with Crippen molar-refractivity contribution in [2.45, 2.75) is 31.7 Å². The minimum atomic E-state index is 0.759. The summed E-state index contributed by atoms with van der Waals surface area (Å²) < 4.78 is 4.69. The van der Waals surface area contributed by atoms with Crippen LogP contribution in [0.4, 0.5) is 0 Å². The second kappa shape index (κ2) is 5.31. The van der Waals surface area contributed by atoms with Crippen LogP contribution in [0.25, 0.3) is 0 Å². The maximum Gasteiger partial charge on any atom is 0.213 e. The molecule has 94 valence electrons. The van der Waals surface area contributed by atoms with Gasteiger partial charge in [0.15, 0.2) is 5.82 Å². The van der Waals surface area contributed by atoms with Crippen molar-refractivity contribution in [1.82, 2.24) is 15.5 Å². The third-order valence-electron chi connectivity index (χ3n) is 3.26. The smallest absolute Gasteiger partial charge is 0.213 e. The van der Waals surface area contributed by atoms with Crippen molar-refractivity contribution in [2.75, 3.05) is 6.54 Å². The molecule has 1 aromatic carbocycles. The molecule has 0 saturated heterocycles. The predicted molar refractivity (Wildman–Crippen MR) is 68.1 cm³/mol. The van der Waals surface area contributed by atoms with E-state index in [-0.39, 0.29) is 0 Å². The molecule has 1 aliphatic rings. The Bertz CT molecular complexity index is 492. The monoisotopic (exact) mass is 243 g/mol. The number of hydrogen-bond donors (Lipinski definition) is 1. The van der Waals surface area contributed by atoms with Crippen molar-refractivity contribution < 1.29 is 4.52 Å². The third-order valence-corrected chi connectivity index (χ3v) is 3.26. The van der Waals surface area contributed by atoms with Crippen molar-refractivity contribution in [3.8, 4) is 0 Å². The Kier molecular flexibility index (Phi) is 3.37. The second-order valence-corrected chi connectivity index (χ2v) is 4.79. The van der Waals surface area contributed by atoms with Gasteiger partial charge in [0.25, 0.3) is 0 Å². The first-order valence-corrected chi connectivity index (χ1v) is 6.46. The maximum atomic E-state index is 4.69. The second-order valence-electron chi connectivity index (χ2n) is 4.79. The lowest BCUT2D eigenvalue weighted by Crippen LogP contribution is -2.17. The van der Waals surface area contributed by atoms with Crippen molar-refractivity contribution in [3.05, 3.63) is 47.6 Å². The molecule has 0 aliphatic heterocycles. The molecule has 18 heavy (non-hydrogen) atoms. The summed E-state index contributed by atoms with van der Waals surface area (Å²) in [5.41, 5.74) is 2.85. The zero-order chi connectivity index (χ0) is 12.2. The molecule has 4 heteroatoms. The Morgan fingerprint density at radius 3 is 3.06 bits per heavy atom. The molecule has 3 rings (SSSR count). The zero-order valence-corrected chi connectivity index (χ0v) is 10.3. The van der Waals surface area contributed by atoms with Gasteiger partial charge in [0.05, 0.1) is 0 Å². The van der Waals surface area contributed by atoms with E-state index in [2.05, 4.69) is 44.2 Å². The van der Waals surface area contributed by atoms with Crippen LogP contribution in [0.15, 0.2) is 35.2 Å². The average molecular weight is 243 g/mol. The van der Waals surface area contributed by atoms with Gasteiger partial charge in [0.2, 0.25) is 6.39 Å². The van der Waals surface area contributed by atoms with Crippen LogP contribution >= 0.6 is 0 Å². The van der Waals surface area contributed by atoms with Crippen molar-refractivity contribution >= 4 is 0 Å². The van der Waals surface area contributed by atoms with E-state index in [0.717, 1.165) is 31.3 Å². The van der Waals surface area contributed by atoms with Crippen LogP contribution in [-0.2, 0) is 13.0 Å². The molecule has 1 aliphatic carbocycles. The standard InChI is InChI=1S/C14H17N3O/c1-2-11(8-13(3-1)12-4-5-12)9-15-7-6-14-16-10-18-17-14/h1-3,8,10,12,15H,4-7,9H2. The van der Waals surface area contributed by atoms with E-state index in [1.54, 1.807) is 0 Å². The van der Waals surface area contributed by atoms with Crippen LogP contribution in [0.3, 0.4) is 0 Å². The quantitative estimate of drug-likeness (QED) is 0.791. The molecule has 1 aromatic heterocycles. The SMILES string of the molecule is c1cc(CNCCc2ncon2)cc(C2CC2)c1. The van der Waals surface area contributed by atoms with Gasteiger partial charge in [0, 0.05) is 19.5 Å². The molecule has 1 heterocycles. The number of benzene rings is 1. The van der Waals surface area contributed by atoms with Crippen LogP contribution in [0.1, 0.15) is 35.7 Å². The van der Waals surface area contributed by atoms with Crippen LogP contribution in [0.2, 0.25) is 0 Å². The summed E-state index contributed by atoms with van der Waals surface area (Å²) >= 11 is 0. The number of hydrogen-bond acceptors (Lipinski definition) is 4. The summed E-state index contributed by atoms with van der Waals surface area (Å²) in [5.74, 6) is 1.58. The molecule has 1 N–H and O–H groups in total. The highest BCUT2D eigenvalue weighted by atomic mass is 16.5. The highest BCUT2D eigenvalue weighted by molar-refractivity contribution is 5.29. The molecule has 1 fully saturated rings. The summed E-state index contributed by atoms with van der Waals surface area (Å²) in [4.78, 5) is 3.99. The molecule has 0 amide bonds. The number of nitrogens with zero attached hydrogens (tertiary/aromatic N) is 2. The molecule has 0 spiro atoms. The van der Waals surface area contributed by atoms with E-state index in [1.807, 2.05) is 0 Å². The van der Waals surface area contributed by atoms with E-state index >= 15 is 0 Å². The van der Waals surface area contributed by atoms with E-state index < -0.39 is 0 Å². The molecular formula is C14H17N3O. The normalized spacial score (nSPS) is 14.9. The Balaban J connectivity index is 1.46. The molecule has 4 nitrogen and oxygen atoms in total. The minimum absolute atomic E-state index is 0.759. The summed E-state index contributed by atoms with van der Waals surface area (Å²) in [6.07, 6.45) is 4.89. The predicted octanol–water partition coefficient (Wildman–Crippen LogP) is 2.28. The van der Waals surface area contributed by atoms with Crippen molar-refractivity contribution in [3.63, 3.8) is 0 Å². The highest BCUT2D eigenvalue weighted by Crippen LogP contribution is 2.40. The number of aromatic nitrogens is 2. The highest BCUT2D eigenvalue weighted by Gasteiger charge is 2.23. The summed E-state index contributed by atoms with van der Waals surface area (Å²) in [5, 5.41) is 7.19. The summed E-state index contributed by atoms with van der Waals surface area (Å²) in [7, 11) is 0. The van der Waals surface area contributed by atoms with Crippen LogP contribution in [0, 0.1) is 0 Å². The van der Waals surface area contributed by atoms with E-state index in [9.17, 15) is 0 Å². The molecule has 1 saturated carbocycles. The molecule has 0 unspecified atom stereocenters. The Morgan fingerprint density at radius 2 is 2.28 bits per heavy atom. The first kappa shape index (κ1) is 11.4. The summed E-state index contributed by atoms with van der Waals surface area (Å²) in [6, 6.07) is 8.89. The van der Waals surface area contributed by atoms with Crippen LogP contribution in [-0.4, -0.2) is 16.7 Å². The van der Waals surface area contributed by atoms with Gasteiger partial charge in [-0.1, -0.05) is 29.4 Å². The van der Waals surface area contributed by atoms with Crippen molar-refractivity contribution in [2.24, 2.45) is 0 Å². The largest absolute Gasteiger partial charge is 0.343 e. The van der Waals surface area contributed by atoms with E-state index in [0.29, 0.717) is 0 Å². The lowest BCUT2D eigenvalue weighted by Gasteiger charge is -2.05. The fourth-order valence-electron chi connectivity index (χ4n) is 2.11. The fraction of sp³-hybridized carbons (Fsp3) is 0.429. The first-order valence-electron chi connectivity index (χ1n) is 6.46. The van der Waals surface area contributed by atoms with Gasteiger partial charge < -0.3 is 9.84 Å². The number of nitrogens with one attached hydrogen (secondary N) is 1. The third kappa shape index (κ3) is 2.96. The average Bonchev–Trinajstić information content (AvgIpc) is 3.13. The van der Waals surface area contributed by atoms with Crippen LogP contribution < -0.4 is 5.32 Å². The van der Waals surface area contributed by atoms with Gasteiger partial charge in [-0.05, 0) is 29.9 Å². The zero-order valence-electron chi connectivity index (χ0n) is 10.3. The van der Waals surface area contributed by atoms with Gasteiger partial charge >= 0.3 is 0 Å². The van der Waals surface area contributed by atoms with E-state index in [4.69, 9.17) is 0 Å². The number of rotatable bonds is 6. The van der Waals surface area contributed by atoms with Gasteiger partial charge in [0.1, 0.15) is 0 Å². The molecule has 0 bridgehead atoms. The lowest BCUT2D eigenvalue weighted by atomic mass is 10.1. The fourth-order valence-corrected chi connectivity index (χ4v) is 2.11. The molecular weight excluding hydrogens is 226 g/mol. The van der Waals surface area contributed by atoms with Gasteiger partial charge in [-0.15, -0.1) is 0 Å². The molecule has 0 atom stereocenters. The Morgan fingerprint density at radius 1 is 1.33 bits per heavy atom. The van der Waals surface area contributed by atoms with Crippen molar-refractivity contribution in [1.29, 1.82) is 0 Å². The Labute approximate surface area is 106 Å². The lowest BCUT2D eigenvalue weighted by molar-refractivity contribution is 0.409. The minimum Gasteiger partial charge on any atom is -0.343 e. The Hall–Kier alpha value is -1.68. The van der Waals surface area contributed by atoms with Gasteiger partial charge in [-0.2, -0.15) is 4.98 Å². The topological polar surface area (TPSA) is 51.0 Å². The molecule has 0 radical (unpaired) electrons. The molecule has 2 aromatic rings. The van der Waals surface area contributed by atoms with Gasteiger partial charge in [-0.3, -0.25) is 0 Å². The van der Waals surface area contributed by atoms with E-state index in [1.165, 1.54) is 30.4 Å². The van der Waals surface area contributed by atoms with Crippen LogP contribution in [0.5, 0.6) is 0 Å². The summed E-state index contributed by atoms with van der Waals surface area (Å²) in [6.45, 7) is 1.77. The first-order chi connectivity index (χ1) is 8.92. The van der Waals surface area contributed by atoms with Gasteiger partial charge in [-0.25, -0.2) is 0 Å². The maximum absolute atomic E-state index is 4.69.